The third kappa shape index (κ3) is 4.67. The van der Waals surface area contributed by atoms with Crippen LogP contribution in [0.4, 0.5) is 5.69 Å². The average molecular weight is 409 g/mol. The van der Waals surface area contributed by atoms with Crippen LogP contribution in [0.5, 0.6) is 11.5 Å². The van der Waals surface area contributed by atoms with Crippen molar-refractivity contribution < 1.29 is 14.3 Å². The number of nitrogens with one attached hydrogen (secondary N) is 2. The molecule has 0 fully saturated rings. The van der Waals surface area contributed by atoms with Crippen LogP contribution in [-0.2, 0) is 17.6 Å². The third-order valence-corrected chi connectivity index (χ3v) is 5.34. The summed E-state index contributed by atoms with van der Waals surface area (Å²) in [7, 11) is 1.77. The predicted octanol–water partition coefficient (Wildman–Crippen LogP) is 2.14. The number of amides is 1. The Kier molecular flexibility index (Phi) is 6.37. The number of para-hydroxylation sites is 2. The Morgan fingerprint density at radius 1 is 1.10 bits per heavy atom. The van der Waals surface area contributed by atoms with Crippen molar-refractivity contribution in [3.63, 3.8) is 0 Å². The van der Waals surface area contributed by atoms with Crippen LogP contribution in [0.15, 0.2) is 47.5 Å². The molecule has 30 heavy (non-hydrogen) atoms. The number of anilines is 1. The number of guanidine groups is 1. The summed E-state index contributed by atoms with van der Waals surface area (Å²) in [6.07, 6.45) is 2.73. The fourth-order valence-corrected chi connectivity index (χ4v) is 3.78. The van der Waals surface area contributed by atoms with Crippen molar-refractivity contribution in [1.82, 2.24) is 10.6 Å². The number of hydrogen-bond acceptors (Lipinski definition) is 4. The molecule has 4 rings (SSSR count). The third-order valence-electron chi connectivity index (χ3n) is 5.34. The Morgan fingerprint density at radius 2 is 1.97 bits per heavy atom. The number of fused-ring (bicyclic) bond motifs is 2. The molecule has 158 valence electrons. The van der Waals surface area contributed by atoms with Crippen LogP contribution in [0.25, 0.3) is 0 Å². The standard InChI is InChI=1S/C23H28N4O3/c1-24-23(26-12-9-17-7-8-20-18(15-17)10-14-29-20)25-11-4-13-27-19-5-2-3-6-21(19)30-16-22(27)28/h2-3,5-8,15H,4,9-14,16H2,1H3,(H2,24,25,26). The summed E-state index contributed by atoms with van der Waals surface area (Å²) in [5, 5.41) is 6.68. The van der Waals surface area contributed by atoms with Crippen LogP contribution in [0.2, 0.25) is 0 Å². The van der Waals surface area contributed by atoms with Gasteiger partial charge in [-0.05, 0) is 42.2 Å². The van der Waals surface area contributed by atoms with E-state index >= 15 is 0 Å². The van der Waals surface area contributed by atoms with Crippen LogP contribution in [0, 0.1) is 0 Å². The molecule has 2 aromatic carbocycles. The Labute approximate surface area is 177 Å². The van der Waals surface area contributed by atoms with Gasteiger partial charge in [-0.2, -0.15) is 0 Å². The lowest BCUT2D eigenvalue weighted by Crippen LogP contribution is -2.42. The minimum atomic E-state index is -0.00375. The van der Waals surface area contributed by atoms with E-state index in [9.17, 15) is 4.79 Å². The van der Waals surface area contributed by atoms with E-state index in [1.165, 1.54) is 11.1 Å². The molecule has 7 heteroatoms. The van der Waals surface area contributed by atoms with Crippen molar-refractivity contribution in [2.24, 2.45) is 4.99 Å². The van der Waals surface area contributed by atoms with Crippen molar-refractivity contribution in [3.05, 3.63) is 53.6 Å². The second kappa shape index (κ2) is 9.52. The minimum Gasteiger partial charge on any atom is -0.493 e. The number of carbonyl (C=O) groups excluding carboxylic acids is 1. The van der Waals surface area contributed by atoms with Crippen molar-refractivity contribution in [2.75, 3.05) is 44.8 Å². The Hall–Kier alpha value is -3.22. The summed E-state index contributed by atoms with van der Waals surface area (Å²) in [4.78, 5) is 18.3. The highest BCUT2D eigenvalue weighted by atomic mass is 16.5. The first-order valence-electron chi connectivity index (χ1n) is 10.5. The van der Waals surface area contributed by atoms with Gasteiger partial charge >= 0.3 is 0 Å². The molecule has 0 unspecified atom stereocenters. The maximum Gasteiger partial charge on any atom is 0.265 e. The normalized spacial score (nSPS) is 15.2. The van der Waals surface area contributed by atoms with E-state index in [2.05, 4.69) is 33.8 Å². The van der Waals surface area contributed by atoms with Crippen molar-refractivity contribution in [2.45, 2.75) is 19.3 Å². The number of benzene rings is 2. The molecule has 0 aromatic heterocycles. The second-order valence-corrected chi connectivity index (χ2v) is 7.37. The summed E-state index contributed by atoms with van der Waals surface area (Å²) in [5.41, 5.74) is 3.44. The first kappa shape index (κ1) is 20.1. The molecule has 0 aliphatic carbocycles. The van der Waals surface area contributed by atoms with Crippen molar-refractivity contribution in [1.29, 1.82) is 0 Å². The second-order valence-electron chi connectivity index (χ2n) is 7.37. The number of rotatable bonds is 7. The maximum atomic E-state index is 12.2. The zero-order chi connectivity index (χ0) is 20.8. The molecule has 0 bridgehead atoms. The lowest BCUT2D eigenvalue weighted by Gasteiger charge is -2.29. The van der Waals surface area contributed by atoms with Gasteiger partial charge in [0.1, 0.15) is 11.5 Å². The molecule has 0 radical (unpaired) electrons. The maximum absolute atomic E-state index is 12.2. The van der Waals surface area contributed by atoms with Crippen LogP contribution >= 0.6 is 0 Å². The van der Waals surface area contributed by atoms with E-state index in [-0.39, 0.29) is 12.5 Å². The van der Waals surface area contributed by atoms with E-state index in [1.54, 1.807) is 11.9 Å². The lowest BCUT2D eigenvalue weighted by molar-refractivity contribution is -0.121. The van der Waals surface area contributed by atoms with Crippen LogP contribution in [0.3, 0.4) is 0 Å². The zero-order valence-electron chi connectivity index (χ0n) is 17.3. The molecule has 0 atom stereocenters. The monoisotopic (exact) mass is 408 g/mol. The molecule has 2 aromatic rings. The summed E-state index contributed by atoms with van der Waals surface area (Å²) in [5.74, 6) is 2.55. The van der Waals surface area contributed by atoms with Gasteiger partial charge in [-0.25, -0.2) is 0 Å². The predicted molar refractivity (Wildman–Crippen MR) is 118 cm³/mol. The van der Waals surface area contributed by atoms with Crippen LogP contribution < -0.4 is 25.0 Å². The average Bonchev–Trinajstić information content (AvgIpc) is 3.24. The number of nitrogens with zero attached hydrogens (tertiary/aromatic N) is 2. The van der Waals surface area contributed by atoms with E-state index in [4.69, 9.17) is 9.47 Å². The van der Waals surface area contributed by atoms with Gasteiger partial charge in [-0.15, -0.1) is 0 Å². The van der Waals surface area contributed by atoms with Crippen LogP contribution in [-0.4, -0.2) is 51.8 Å². The number of carbonyl (C=O) groups is 1. The molecular weight excluding hydrogens is 380 g/mol. The highest BCUT2D eigenvalue weighted by molar-refractivity contribution is 5.97. The minimum absolute atomic E-state index is 0.00375. The Balaban J connectivity index is 1.19. The molecule has 1 amide bonds. The van der Waals surface area contributed by atoms with Gasteiger partial charge < -0.3 is 25.0 Å². The molecule has 2 aliphatic rings. The molecule has 2 heterocycles. The molecule has 0 saturated carbocycles. The van der Waals surface area contributed by atoms with E-state index in [0.717, 1.165) is 62.1 Å². The fourth-order valence-electron chi connectivity index (χ4n) is 3.78. The Bertz CT molecular complexity index is 928. The molecule has 2 aliphatic heterocycles. The largest absolute Gasteiger partial charge is 0.493 e. The van der Waals surface area contributed by atoms with E-state index < -0.39 is 0 Å². The number of hydrogen-bond donors (Lipinski definition) is 2. The highest BCUT2D eigenvalue weighted by Crippen LogP contribution is 2.31. The number of ether oxygens (including phenoxy) is 2. The zero-order valence-corrected chi connectivity index (χ0v) is 17.3. The van der Waals surface area contributed by atoms with Gasteiger partial charge in [0.15, 0.2) is 12.6 Å². The smallest absolute Gasteiger partial charge is 0.265 e. The van der Waals surface area contributed by atoms with E-state index in [1.807, 2.05) is 24.3 Å². The SMILES string of the molecule is CN=C(NCCCN1C(=O)COc2ccccc21)NCCc1ccc2c(c1)CCO2. The van der Waals surface area contributed by atoms with Gasteiger partial charge in [0, 0.05) is 33.1 Å². The molecule has 0 saturated heterocycles. The van der Waals surface area contributed by atoms with Crippen LogP contribution in [0.1, 0.15) is 17.5 Å². The summed E-state index contributed by atoms with van der Waals surface area (Å²) < 4.78 is 11.1. The van der Waals surface area contributed by atoms with Gasteiger partial charge in [0.2, 0.25) is 0 Å². The molecule has 0 spiro atoms. The summed E-state index contributed by atoms with van der Waals surface area (Å²) in [6.45, 7) is 3.05. The number of aliphatic imine (C=N–C) groups is 1. The molecule has 7 nitrogen and oxygen atoms in total. The topological polar surface area (TPSA) is 75.2 Å². The summed E-state index contributed by atoms with van der Waals surface area (Å²) in [6, 6.07) is 14.1. The molecule has 2 N–H and O–H groups in total. The fraction of sp³-hybridized carbons (Fsp3) is 0.391. The lowest BCUT2D eigenvalue weighted by atomic mass is 10.1. The van der Waals surface area contributed by atoms with Gasteiger partial charge in [0.25, 0.3) is 5.91 Å². The van der Waals surface area contributed by atoms with Gasteiger partial charge in [-0.1, -0.05) is 24.3 Å². The molecular formula is C23H28N4O3. The quantitative estimate of drug-likeness (QED) is 0.417. The summed E-state index contributed by atoms with van der Waals surface area (Å²) >= 11 is 0. The van der Waals surface area contributed by atoms with Crippen molar-refractivity contribution >= 4 is 17.6 Å². The Morgan fingerprint density at radius 3 is 2.87 bits per heavy atom. The van der Waals surface area contributed by atoms with Gasteiger partial charge in [0.05, 0.1) is 12.3 Å². The highest BCUT2D eigenvalue weighted by Gasteiger charge is 2.24. The van der Waals surface area contributed by atoms with Crippen molar-refractivity contribution in [3.8, 4) is 11.5 Å². The van der Waals surface area contributed by atoms with E-state index in [0.29, 0.717) is 6.54 Å². The first-order valence-corrected chi connectivity index (χ1v) is 10.5. The first-order chi connectivity index (χ1) is 14.7. The van der Waals surface area contributed by atoms with Gasteiger partial charge in [-0.3, -0.25) is 9.79 Å².